The van der Waals surface area contributed by atoms with Gasteiger partial charge in [-0.15, -0.1) is 0 Å². The number of phenolic OH excluding ortho intramolecular Hbond substituents is 1. The minimum atomic E-state index is -1.19. The zero-order chi connectivity index (χ0) is 29.2. The second-order valence-corrected chi connectivity index (χ2v) is 10.8. The summed E-state index contributed by atoms with van der Waals surface area (Å²) in [4.78, 5) is 53.5. The van der Waals surface area contributed by atoms with Crippen LogP contribution in [0.15, 0.2) is 18.2 Å². The van der Waals surface area contributed by atoms with E-state index >= 15 is 0 Å². The molecule has 0 aliphatic heterocycles. The molecular formula is C28H46N4O6. The highest BCUT2D eigenvalue weighted by molar-refractivity contribution is 5.93. The van der Waals surface area contributed by atoms with Crippen LogP contribution in [0.1, 0.15) is 97.7 Å². The fourth-order valence-electron chi connectivity index (χ4n) is 4.12. The van der Waals surface area contributed by atoms with Gasteiger partial charge in [-0.3, -0.25) is 14.4 Å². The van der Waals surface area contributed by atoms with Crippen LogP contribution in [0.2, 0.25) is 0 Å². The van der Waals surface area contributed by atoms with Crippen molar-refractivity contribution in [2.24, 2.45) is 5.73 Å². The molecule has 10 nitrogen and oxygen atoms in total. The normalized spacial score (nSPS) is 14.5. The van der Waals surface area contributed by atoms with Crippen LogP contribution < -0.4 is 16.4 Å². The van der Waals surface area contributed by atoms with E-state index < -0.39 is 47.5 Å². The SMILES string of the molecule is CCCC(C)NC(=O)C(c1cccc(C)c1O)N(C(=O)C(CCC(N)=O)NC(=O)OC(C)(C)C)C(C)CC. The lowest BCUT2D eigenvalue weighted by atomic mass is 9.96. The van der Waals surface area contributed by atoms with Crippen molar-refractivity contribution in [1.82, 2.24) is 15.5 Å². The average molecular weight is 535 g/mol. The molecule has 5 N–H and O–H groups in total. The maximum Gasteiger partial charge on any atom is 0.408 e. The monoisotopic (exact) mass is 534 g/mol. The Kier molecular flexibility index (Phi) is 12.6. The molecule has 38 heavy (non-hydrogen) atoms. The van der Waals surface area contributed by atoms with E-state index in [-0.39, 0.29) is 30.2 Å². The summed E-state index contributed by atoms with van der Waals surface area (Å²) in [6.07, 6.45) is 0.991. The Balaban J connectivity index is 3.64. The van der Waals surface area contributed by atoms with E-state index in [1.165, 1.54) is 4.90 Å². The van der Waals surface area contributed by atoms with Gasteiger partial charge in [-0.05, 0) is 66.4 Å². The highest BCUT2D eigenvalue weighted by Gasteiger charge is 2.40. The summed E-state index contributed by atoms with van der Waals surface area (Å²) in [6.45, 7) is 14.3. The molecular weight excluding hydrogens is 488 g/mol. The van der Waals surface area contributed by atoms with Crippen LogP contribution in [0, 0.1) is 6.92 Å². The number of nitrogens with zero attached hydrogens (tertiary/aromatic N) is 1. The number of nitrogens with one attached hydrogen (secondary N) is 2. The zero-order valence-corrected chi connectivity index (χ0v) is 24.1. The molecule has 0 heterocycles. The number of aryl methyl sites for hydroxylation is 1. The van der Waals surface area contributed by atoms with Crippen LogP contribution in [0.25, 0.3) is 0 Å². The Morgan fingerprint density at radius 3 is 2.24 bits per heavy atom. The Hall–Kier alpha value is -3.30. The standard InChI is InChI=1S/C28H46N4O6/c1-9-12-18(4)30-25(35)23(20-14-11-13-17(3)24(20)34)32(19(5)10-2)26(36)21(15-16-22(29)33)31-27(37)38-28(6,7)8/h11,13-14,18-19,21,23,34H,9-10,12,15-16H2,1-8H3,(H2,29,33)(H,30,35)(H,31,37). The van der Waals surface area contributed by atoms with Crippen LogP contribution in [-0.2, 0) is 19.1 Å². The number of benzene rings is 1. The number of hydrogen-bond donors (Lipinski definition) is 4. The van der Waals surface area contributed by atoms with Gasteiger partial charge < -0.3 is 31.1 Å². The number of carbonyl (C=O) groups excluding carboxylic acids is 4. The summed E-state index contributed by atoms with van der Waals surface area (Å²) in [5.41, 5.74) is 5.35. The summed E-state index contributed by atoms with van der Waals surface area (Å²) >= 11 is 0. The maximum atomic E-state index is 14.1. The van der Waals surface area contributed by atoms with E-state index in [4.69, 9.17) is 10.5 Å². The van der Waals surface area contributed by atoms with E-state index in [0.29, 0.717) is 12.0 Å². The molecule has 0 aliphatic carbocycles. The first-order valence-corrected chi connectivity index (χ1v) is 13.3. The quantitative estimate of drug-likeness (QED) is 0.302. The van der Waals surface area contributed by atoms with Crippen molar-refractivity contribution in [2.75, 3.05) is 0 Å². The first kappa shape index (κ1) is 32.7. The largest absolute Gasteiger partial charge is 0.507 e. The molecule has 0 aliphatic rings. The molecule has 214 valence electrons. The van der Waals surface area contributed by atoms with E-state index in [2.05, 4.69) is 10.6 Å². The number of carbonyl (C=O) groups is 4. The van der Waals surface area contributed by atoms with Crippen LogP contribution >= 0.6 is 0 Å². The lowest BCUT2D eigenvalue weighted by Crippen LogP contribution is -2.56. The number of primary amides is 1. The summed E-state index contributed by atoms with van der Waals surface area (Å²) in [5.74, 6) is -1.77. The Bertz CT molecular complexity index is 975. The van der Waals surface area contributed by atoms with Gasteiger partial charge in [0.05, 0.1) is 0 Å². The molecule has 0 spiro atoms. The first-order chi connectivity index (χ1) is 17.6. The first-order valence-electron chi connectivity index (χ1n) is 13.3. The molecule has 0 bridgehead atoms. The highest BCUT2D eigenvalue weighted by atomic mass is 16.6. The van der Waals surface area contributed by atoms with Gasteiger partial charge >= 0.3 is 6.09 Å². The van der Waals surface area contributed by atoms with Crippen molar-refractivity contribution < 1.29 is 29.0 Å². The van der Waals surface area contributed by atoms with Crippen LogP contribution in [-0.4, -0.2) is 57.5 Å². The summed E-state index contributed by atoms with van der Waals surface area (Å²) in [6, 6.07) is 2.03. The number of amides is 4. The third-order valence-corrected chi connectivity index (χ3v) is 6.19. The van der Waals surface area contributed by atoms with Crippen molar-refractivity contribution in [1.29, 1.82) is 0 Å². The molecule has 0 saturated heterocycles. The smallest absolute Gasteiger partial charge is 0.408 e. The Morgan fingerprint density at radius 2 is 1.71 bits per heavy atom. The molecule has 4 atom stereocenters. The third-order valence-electron chi connectivity index (χ3n) is 6.19. The molecule has 1 rings (SSSR count). The molecule has 4 unspecified atom stereocenters. The molecule has 1 aromatic carbocycles. The van der Waals surface area contributed by atoms with Crippen molar-refractivity contribution in [3.8, 4) is 5.75 Å². The van der Waals surface area contributed by atoms with Crippen molar-refractivity contribution in [2.45, 2.75) is 117 Å². The zero-order valence-electron chi connectivity index (χ0n) is 24.1. The molecule has 1 aromatic rings. The van der Waals surface area contributed by atoms with Crippen molar-refractivity contribution in [3.05, 3.63) is 29.3 Å². The number of alkyl carbamates (subject to hydrolysis) is 1. The summed E-state index contributed by atoms with van der Waals surface area (Å²) in [7, 11) is 0. The van der Waals surface area contributed by atoms with Crippen LogP contribution in [0.4, 0.5) is 4.79 Å². The Morgan fingerprint density at radius 1 is 1.08 bits per heavy atom. The molecule has 0 aromatic heterocycles. The maximum absolute atomic E-state index is 14.1. The summed E-state index contributed by atoms with van der Waals surface area (Å²) < 4.78 is 5.34. The lowest BCUT2D eigenvalue weighted by Gasteiger charge is -2.39. The van der Waals surface area contributed by atoms with Gasteiger partial charge in [0.2, 0.25) is 17.7 Å². The number of hydrogen-bond acceptors (Lipinski definition) is 6. The fourth-order valence-corrected chi connectivity index (χ4v) is 4.12. The van der Waals surface area contributed by atoms with E-state index in [0.717, 1.165) is 12.8 Å². The second kappa shape index (κ2) is 14.6. The van der Waals surface area contributed by atoms with E-state index in [9.17, 15) is 24.3 Å². The van der Waals surface area contributed by atoms with Crippen molar-refractivity contribution >= 4 is 23.8 Å². The van der Waals surface area contributed by atoms with Gasteiger partial charge in [-0.25, -0.2) is 4.79 Å². The van der Waals surface area contributed by atoms with Gasteiger partial charge in [0.25, 0.3) is 0 Å². The predicted molar refractivity (Wildman–Crippen MR) is 146 cm³/mol. The fraction of sp³-hybridized carbons (Fsp3) is 0.643. The average Bonchev–Trinajstić information content (AvgIpc) is 2.80. The van der Waals surface area contributed by atoms with Gasteiger partial charge in [-0.1, -0.05) is 38.5 Å². The third kappa shape index (κ3) is 9.87. The van der Waals surface area contributed by atoms with E-state index in [1.54, 1.807) is 52.8 Å². The van der Waals surface area contributed by atoms with Gasteiger partial charge in [0.1, 0.15) is 23.4 Å². The van der Waals surface area contributed by atoms with Gasteiger partial charge in [0, 0.05) is 24.1 Å². The Labute approximate surface area is 226 Å². The molecule has 4 amide bonds. The van der Waals surface area contributed by atoms with Crippen LogP contribution in [0.3, 0.4) is 0 Å². The molecule has 10 heteroatoms. The molecule has 0 radical (unpaired) electrons. The van der Waals surface area contributed by atoms with Gasteiger partial charge in [-0.2, -0.15) is 0 Å². The minimum Gasteiger partial charge on any atom is -0.507 e. The minimum absolute atomic E-state index is 0.0826. The number of ether oxygens (including phenoxy) is 1. The number of nitrogens with two attached hydrogens (primary N) is 1. The molecule has 0 saturated carbocycles. The highest BCUT2D eigenvalue weighted by Crippen LogP contribution is 2.34. The predicted octanol–water partition coefficient (Wildman–Crippen LogP) is 3.83. The molecule has 0 fully saturated rings. The van der Waals surface area contributed by atoms with E-state index in [1.807, 2.05) is 20.8 Å². The topological polar surface area (TPSA) is 151 Å². The number of phenols is 1. The lowest BCUT2D eigenvalue weighted by molar-refractivity contribution is -0.145. The number of para-hydroxylation sites is 1. The number of aromatic hydroxyl groups is 1. The van der Waals surface area contributed by atoms with Crippen molar-refractivity contribution in [3.63, 3.8) is 0 Å². The number of rotatable bonds is 13. The van der Waals surface area contributed by atoms with Crippen LogP contribution in [0.5, 0.6) is 5.75 Å². The van der Waals surface area contributed by atoms with Gasteiger partial charge in [0.15, 0.2) is 0 Å². The second-order valence-electron chi connectivity index (χ2n) is 10.8. The summed E-state index contributed by atoms with van der Waals surface area (Å²) in [5, 5.41) is 16.5.